The lowest BCUT2D eigenvalue weighted by Crippen LogP contribution is -2.32. The zero-order chi connectivity index (χ0) is 13.0. The molecule has 0 unspecified atom stereocenters. The molecule has 0 spiro atoms. The Morgan fingerprint density at radius 1 is 1.39 bits per heavy atom. The summed E-state index contributed by atoms with van der Waals surface area (Å²) in [4.78, 5) is 18.2. The first-order chi connectivity index (χ1) is 8.76. The van der Waals surface area contributed by atoms with Crippen LogP contribution in [0.4, 0.5) is 0 Å². The highest BCUT2D eigenvalue weighted by atomic mass is 35.5. The van der Waals surface area contributed by atoms with Crippen LogP contribution in [0.15, 0.2) is 36.5 Å². The molecule has 0 fully saturated rings. The third-order valence-electron chi connectivity index (χ3n) is 2.87. The average Bonchev–Trinajstić information content (AvgIpc) is 2.43. The van der Waals surface area contributed by atoms with Crippen LogP contribution in [0.3, 0.4) is 0 Å². The number of hydrogen-bond donors (Lipinski definition) is 0. The number of nitrogens with zero attached hydrogens (tertiary/aromatic N) is 2. The van der Waals surface area contributed by atoms with Crippen molar-refractivity contribution in [2.45, 2.75) is 6.92 Å². The van der Waals surface area contributed by atoms with Crippen molar-refractivity contribution in [2.75, 3.05) is 19.0 Å². The number of benzene rings is 1. The molecular weight excluding hydrogens is 248 g/mol. The van der Waals surface area contributed by atoms with Crippen molar-refractivity contribution in [3.8, 4) is 0 Å². The van der Waals surface area contributed by atoms with Gasteiger partial charge in [-0.25, -0.2) is 0 Å². The summed E-state index contributed by atoms with van der Waals surface area (Å²) in [6.45, 7) is 3.19. The van der Waals surface area contributed by atoms with Gasteiger partial charge in [-0.15, -0.1) is 11.6 Å². The predicted octanol–water partition coefficient (Wildman–Crippen LogP) is 2.94. The Morgan fingerprint density at radius 2 is 2.22 bits per heavy atom. The fourth-order valence-electron chi connectivity index (χ4n) is 1.90. The Kier molecular flexibility index (Phi) is 4.15. The van der Waals surface area contributed by atoms with E-state index in [1.807, 2.05) is 37.3 Å². The van der Waals surface area contributed by atoms with Gasteiger partial charge in [0.1, 0.15) is 0 Å². The molecule has 0 aliphatic carbocycles. The number of carbonyl (C=O) groups is 1. The summed E-state index contributed by atoms with van der Waals surface area (Å²) in [5.41, 5.74) is 1.58. The molecular formula is C14H15ClN2O. The molecule has 94 valence electrons. The molecule has 18 heavy (non-hydrogen) atoms. The maximum Gasteiger partial charge on any atom is 0.253 e. The molecule has 0 aliphatic rings. The largest absolute Gasteiger partial charge is 0.338 e. The first-order valence-electron chi connectivity index (χ1n) is 5.96. The van der Waals surface area contributed by atoms with E-state index in [9.17, 15) is 4.79 Å². The average molecular weight is 263 g/mol. The van der Waals surface area contributed by atoms with E-state index < -0.39 is 0 Å². The first-order valence-corrected chi connectivity index (χ1v) is 6.49. The van der Waals surface area contributed by atoms with Crippen LogP contribution in [0.25, 0.3) is 10.9 Å². The maximum absolute atomic E-state index is 12.3. The van der Waals surface area contributed by atoms with Crippen molar-refractivity contribution in [1.29, 1.82) is 0 Å². The molecule has 0 saturated heterocycles. The molecule has 0 bridgehead atoms. The van der Waals surface area contributed by atoms with Crippen molar-refractivity contribution >= 4 is 28.4 Å². The lowest BCUT2D eigenvalue weighted by atomic mass is 10.1. The van der Waals surface area contributed by atoms with Crippen LogP contribution < -0.4 is 0 Å². The fraction of sp³-hybridized carbons (Fsp3) is 0.286. The normalized spacial score (nSPS) is 10.6. The van der Waals surface area contributed by atoms with Gasteiger partial charge in [0.2, 0.25) is 0 Å². The summed E-state index contributed by atoms with van der Waals surface area (Å²) < 4.78 is 0. The van der Waals surface area contributed by atoms with Gasteiger partial charge in [-0.1, -0.05) is 6.07 Å². The lowest BCUT2D eigenvalue weighted by molar-refractivity contribution is 0.0774. The van der Waals surface area contributed by atoms with E-state index in [4.69, 9.17) is 11.6 Å². The number of rotatable bonds is 4. The van der Waals surface area contributed by atoms with E-state index in [1.165, 1.54) is 0 Å². The lowest BCUT2D eigenvalue weighted by Gasteiger charge is -2.19. The monoisotopic (exact) mass is 262 g/mol. The van der Waals surface area contributed by atoms with E-state index in [1.54, 1.807) is 11.1 Å². The second kappa shape index (κ2) is 5.83. The third kappa shape index (κ3) is 2.62. The Morgan fingerprint density at radius 3 is 2.94 bits per heavy atom. The Balaban J connectivity index is 2.32. The minimum absolute atomic E-state index is 0.0175. The minimum atomic E-state index is 0.0175. The summed E-state index contributed by atoms with van der Waals surface area (Å²) in [6, 6.07) is 9.39. The number of fused-ring (bicyclic) bond motifs is 1. The van der Waals surface area contributed by atoms with E-state index in [-0.39, 0.29) is 5.91 Å². The highest BCUT2D eigenvalue weighted by Crippen LogP contribution is 2.15. The van der Waals surface area contributed by atoms with Crippen molar-refractivity contribution in [1.82, 2.24) is 9.88 Å². The SMILES string of the molecule is CCN(CCCl)C(=O)c1ccc2ncccc2c1. The van der Waals surface area contributed by atoms with Crippen molar-refractivity contribution < 1.29 is 4.79 Å². The van der Waals surface area contributed by atoms with Crippen LogP contribution in [0.1, 0.15) is 17.3 Å². The fourth-order valence-corrected chi connectivity index (χ4v) is 2.10. The smallest absolute Gasteiger partial charge is 0.253 e. The number of pyridine rings is 1. The van der Waals surface area contributed by atoms with Crippen LogP contribution in [0, 0.1) is 0 Å². The van der Waals surface area contributed by atoms with Gasteiger partial charge in [-0.2, -0.15) is 0 Å². The second-order valence-corrected chi connectivity index (χ2v) is 4.36. The third-order valence-corrected chi connectivity index (χ3v) is 3.04. The molecule has 1 amide bonds. The van der Waals surface area contributed by atoms with Crippen LogP contribution in [0.5, 0.6) is 0 Å². The van der Waals surface area contributed by atoms with E-state index >= 15 is 0 Å². The van der Waals surface area contributed by atoms with Crippen LogP contribution in [-0.4, -0.2) is 34.8 Å². The molecule has 0 atom stereocenters. The van der Waals surface area contributed by atoms with Gasteiger partial charge in [-0.3, -0.25) is 9.78 Å². The molecule has 1 heterocycles. The molecule has 1 aromatic carbocycles. The molecule has 1 aromatic heterocycles. The highest BCUT2D eigenvalue weighted by molar-refractivity contribution is 6.18. The molecule has 2 aromatic rings. The van der Waals surface area contributed by atoms with E-state index in [2.05, 4.69) is 4.98 Å². The molecule has 4 heteroatoms. The number of hydrogen-bond acceptors (Lipinski definition) is 2. The van der Waals surface area contributed by atoms with Crippen molar-refractivity contribution in [3.05, 3.63) is 42.1 Å². The van der Waals surface area contributed by atoms with Crippen molar-refractivity contribution in [2.24, 2.45) is 0 Å². The van der Waals surface area contributed by atoms with Gasteiger partial charge in [0, 0.05) is 36.1 Å². The Bertz CT molecular complexity index is 556. The van der Waals surface area contributed by atoms with Gasteiger partial charge in [0.05, 0.1) is 5.52 Å². The molecule has 2 rings (SSSR count). The zero-order valence-electron chi connectivity index (χ0n) is 10.3. The summed E-state index contributed by atoms with van der Waals surface area (Å²) in [5, 5.41) is 0.977. The number of aromatic nitrogens is 1. The van der Waals surface area contributed by atoms with Crippen molar-refractivity contribution in [3.63, 3.8) is 0 Å². The number of halogens is 1. The van der Waals surface area contributed by atoms with Gasteiger partial charge < -0.3 is 4.90 Å². The van der Waals surface area contributed by atoms with Crippen LogP contribution >= 0.6 is 11.6 Å². The predicted molar refractivity (Wildman–Crippen MR) is 74.0 cm³/mol. The molecule has 3 nitrogen and oxygen atoms in total. The topological polar surface area (TPSA) is 33.2 Å². The first kappa shape index (κ1) is 12.8. The summed E-state index contributed by atoms with van der Waals surface area (Å²) in [5.74, 6) is 0.471. The molecule has 0 N–H and O–H groups in total. The summed E-state index contributed by atoms with van der Waals surface area (Å²) in [7, 11) is 0. The summed E-state index contributed by atoms with van der Waals surface area (Å²) in [6.07, 6.45) is 1.75. The molecule has 0 radical (unpaired) electrons. The van der Waals surface area contributed by atoms with E-state index in [0.717, 1.165) is 10.9 Å². The van der Waals surface area contributed by atoms with Gasteiger partial charge >= 0.3 is 0 Å². The quantitative estimate of drug-likeness (QED) is 0.794. The number of carbonyl (C=O) groups excluding carboxylic acids is 1. The van der Waals surface area contributed by atoms with Gasteiger partial charge in [0.15, 0.2) is 0 Å². The Labute approximate surface area is 111 Å². The molecule has 0 saturated carbocycles. The van der Waals surface area contributed by atoms with Gasteiger partial charge in [-0.05, 0) is 31.2 Å². The maximum atomic E-state index is 12.3. The van der Waals surface area contributed by atoms with Crippen LogP contribution in [-0.2, 0) is 0 Å². The zero-order valence-corrected chi connectivity index (χ0v) is 11.0. The highest BCUT2D eigenvalue weighted by Gasteiger charge is 2.13. The van der Waals surface area contributed by atoms with Gasteiger partial charge in [0.25, 0.3) is 5.91 Å². The second-order valence-electron chi connectivity index (χ2n) is 3.98. The van der Waals surface area contributed by atoms with E-state index in [0.29, 0.717) is 24.5 Å². The standard InChI is InChI=1S/C14H15ClN2O/c1-2-17(9-7-15)14(18)12-5-6-13-11(10-12)4-3-8-16-13/h3-6,8,10H,2,7,9H2,1H3. The molecule has 0 aliphatic heterocycles. The number of amides is 1. The minimum Gasteiger partial charge on any atom is -0.338 e. The summed E-state index contributed by atoms with van der Waals surface area (Å²) >= 11 is 5.70. The van der Waals surface area contributed by atoms with Crippen LogP contribution in [0.2, 0.25) is 0 Å². The Hall–Kier alpha value is -1.61. The number of alkyl halides is 1.